The van der Waals surface area contributed by atoms with Gasteiger partial charge in [0.05, 0.1) is 24.7 Å². The summed E-state index contributed by atoms with van der Waals surface area (Å²) in [6.07, 6.45) is 14.0. The van der Waals surface area contributed by atoms with Crippen molar-refractivity contribution in [1.29, 1.82) is 0 Å². The van der Waals surface area contributed by atoms with Crippen LogP contribution < -0.4 is 16.1 Å². The lowest BCUT2D eigenvalue weighted by Gasteiger charge is -2.36. The average molecular weight is 877 g/mol. The molecule has 0 radical (unpaired) electrons. The molecule has 8 atom stereocenters. The van der Waals surface area contributed by atoms with Crippen molar-refractivity contribution in [3.8, 4) is 5.75 Å². The number of esters is 2. The number of hydrazine groups is 1. The van der Waals surface area contributed by atoms with Crippen molar-refractivity contribution in [1.82, 2.24) is 21.1 Å². The van der Waals surface area contributed by atoms with E-state index in [1.165, 1.54) is 42.6 Å². The molecule has 1 saturated carbocycles. The summed E-state index contributed by atoms with van der Waals surface area (Å²) in [6.45, 7) is 8.71. The Morgan fingerprint density at radius 1 is 0.984 bits per heavy atom. The van der Waals surface area contributed by atoms with E-state index in [9.17, 15) is 44.1 Å². The minimum atomic E-state index is -1.42. The second kappa shape index (κ2) is 25.2. The highest BCUT2D eigenvalue weighted by atomic mass is 16.5. The topological polar surface area (TPSA) is 221 Å². The number of nitrogens with zero attached hydrogens (tertiary/aromatic N) is 1. The molecular weight excluding hydrogens is 809 g/mol. The number of fused-ring (bicyclic) bond motifs is 2. The number of hydrogen-bond acceptors (Lipinski definition) is 12. The van der Waals surface area contributed by atoms with E-state index < -0.39 is 83.9 Å². The van der Waals surface area contributed by atoms with E-state index in [4.69, 9.17) is 9.47 Å². The Bertz CT molecular complexity index is 1850. The van der Waals surface area contributed by atoms with Gasteiger partial charge < -0.3 is 40.2 Å². The number of amides is 3. The van der Waals surface area contributed by atoms with E-state index in [2.05, 4.69) is 16.1 Å². The summed E-state index contributed by atoms with van der Waals surface area (Å²) < 4.78 is 11.5. The number of carbonyl (C=O) groups excluding carboxylic acids is 6. The Morgan fingerprint density at radius 2 is 1.73 bits per heavy atom. The van der Waals surface area contributed by atoms with Gasteiger partial charge in [-0.25, -0.2) is 10.2 Å². The van der Waals surface area contributed by atoms with Crippen molar-refractivity contribution in [2.45, 2.75) is 142 Å². The maximum absolute atomic E-state index is 14.4. The van der Waals surface area contributed by atoms with Gasteiger partial charge >= 0.3 is 11.9 Å². The van der Waals surface area contributed by atoms with Crippen LogP contribution in [0, 0.1) is 23.7 Å². The average Bonchev–Trinajstić information content (AvgIpc) is 3.25. The predicted molar refractivity (Wildman–Crippen MR) is 236 cm³/mol. The van der Waals surface area contributed by atoms with E-state index in [1.807, 2.05) is 0 Å². The van der Waals surface area contributed by atoms with Crippen LogP contribution in [0.1, 0.15) is 104 Å². The molecule has 0 aromatic heterocycles. The number of aromatic hydroxyl groups is 1. The fourth-order valence-corrected chi connectivity index (χ4v) is 8.03. The van der Waals surface area contributed by atoms with Gasteiger partial charge in [-0.1, -0.05) is 88.6 Å². The fraction of sp³-hybridized carbons (Fsp3) is 0.583. The van der Waals surface area contributed by atoms with Crippen LogP contribution in [0.2, 0.25) is 0 Å². The summed E-state index contributed by atoms with van der Waals surface area (Å²) in [5.74, 6) is -5.47. The number of benzene rings is 1. The highest BCUT2D eigenvalue weighted by Crippen LogP contribution is 2.25. The number of aliphatic hydroxyl groups excluding tert-OH is 2. The first-order valence-corrected chi connectivity index (χ1v) is 22.4. The highest BCUT2D eigenvalue weighted by Gasteiger charge is 2.38. The third-order valence-corrected chi connectivity index (χ3v) is 12.0. The van der Waals surface area contributed by atoms with Gasteiger partial charge in [0, 0.05) is 37.8 Å². The Balaban J connectivity index is 1.66. The maximum atomic E-state index is 14.4. The van der Waals surface area contributed by atoms with Gasteiger partial charge in [0.25, 0.3) is 5.91 Å². The zero-order valence-corrected chi connectivity index (χ0v) is 37.4. The zero-order valence-electron chi connectivity index (χ0n) is 37.4. The van der Waals surface area contributed by atoms with Crippen molar-refractivity contribution in [2.75, 3.05) is 13.2 Å². The van der Waals surface area contributed by atoms with Gasteiger partial charge in [-0.15, -0.1) is 0 Å². The number of phenolic OH excluding ortho intramolecular Hbond substituents is 1. The molecule has 63 heavy (non-hydrogen) atoms. The number of aliphatic hydroxyl groups is 2. The second-order valence-electron chi connectivity index (χ2n) is 17.5. The van der Waals surface area contributed by atoms with Crippen molar-refractivity contribution in [2.24, 2.45) is 23.7 Å². The number of carbonyl (C=O) groups is 6. The van der Waals surface area contributed by atoms with Gasteiger partial charge in [0.1, 0.15) is 35.8 Å². The number of ether oxygens (including phenoxy) is 2. The molecule has 2 fully saturated rings. The predicted octanol–water partition coefficient (Wildman–Crippen LogP) is 4.45. The molecule has 1 saturated heterocycles. The minimum absolute atomic E-state index is 0.0285. The molecule has 3 aliphatic rings. The van der Waals surface area contributed by atoms with E-state index in [-0.39, 0.29) is 43.8 Å². The molecule has 1 unspecified atom stereocenters. The summed E-state index contributed by atoms with van der Waals surface area (Å²) in [5.41, 5.74) is 4.16. The first-order valence-electron chi connectivity index (χ1n) is 22.4. The van der Waals surface area contributed by atoms with E-state index in [0.29, 0.717) is 36.5 Å². The van der Waals surface area contributed by atoms with Crippen LogP contribution >= 0.6 is 0 Å². The number of allylic oxidation sites excluding steroid dienone is 4. The largest absolute Gasteiger partial charge is 0.508 e. The van der Waals surface area contributed by atoms with E-state index >= 15 is 0 Å². The van der Waals surface area contributed by atoms with Crippen LogP contribution in [-0.4, -0.2) is 105 Å². The summed E-state index contributed by atoms with van der Waals surface area (Å²) in [4.78, 5) is 80.9. The molecule has 2 heterocycles. The maximum Gasteiger partial charge on any atom is 0.330 e. The molecule has 15 heteroatoms. The zero-order chi connectivity index (χ0) is 46.1. The smallest absolute Gasteiger partial charge is 0.330 e. The summed E-state index contributed by atoms with van der Waals surface area (Å²) in [7, 11) is 0. The molecule has 6 N–H and O–H groups in total. The van der Waals surface area contributed by atoms with Gasteiger partial charge in [0.2, 0.25) is 11.8 Å². The monoisotopic (exact) mass is 876 g/mol. The number of cyclic esters (lactones) is 1. The van der Waals surface area contributed by atoms with Crippen molar-refractivity contribution >= 4 is 35.4 Å². The SMILES string of the molecule is CC(=O)CC[C@H]1C(=O)N[C@@H](C(C)C)C(=O)N[C@@H](Cc2cccc(O)c2)C(=O)N2CCCC(N2)C(=O)O[C@H](/C(C)=C/C=C/C(=O)OCC2CCCCC2)C/C=C/C=C/[C@H](O)[C@H](C)[C@H]1O. The lowest BCUT2D eigenvalue weighted by Crippen LogP contribution is -2.62. The van der Waals surface area contributed by atoms with Crippen LogP contribution in [0.5, 0.6) is 5.75 Å². The molecule has 0 spiro atoms. The van der Waals surface area contributed by atoms with E-state index in [0.717, 1.165) is 25.7 Å². The van der Waals surface area contributed by atoms with Crippen LogP contribution in [0.15, 0.2) is 72.4 Å². The van der Waals surface area contributed by atoms with E-state index in [1.54, 1.807) is 70.2 Å². The minimum Gasteiger partial charge on any atom is -0.508 e. The lowest BCUT2D eigenvalue weighted by atomic mass is 9.84. The molecular formula is C48H68N4O11. The Labute approximate surface area is 371 Å². The fourth-order valence-electron chi connectivity index (χ4n) is 8.03. The quantitative estimate of drug-likeness (QED) is 0.103. The van der Waals surface area contributed by atoms with Crippen molar-refractivity contribution in [3.05, 3.63) is 77.9 Å². The molecule has 346 valence electrons. The highest BCUT2D eigenvalue weighted by molar-refractivity contribution is 5.93. The number of rotatable bonds is 11. The molecule has 15 nitrogen and oxygen atoms in total. The van der Waals surface area contributed by atoms with Gasteiger partial charge in [-0.2, -0.15) is 0 Å². The molecule has 1 aromatic rings. The molecule has 3 amide bonds. The van der Waals surface area contributed by atoms with Crippen LogP contribution in [0.25, 0.3) is 0 Å². The van der Waals surface area contributed by atoms with Gasteiger partial charge in [-0.05, 0) is 81.1 Å². The van der Waals surface area contributed by atoms with Crippen LogP contribution in [0.3, 0.4) is 0 Å². The first kappa shape index (κ1) is 50.5. The Hall–Kier alpha value is -5.12. The van der Waals surface area contributed by atoms with Gasteiger partial charge in [0.15, 0.2) is 0 Å². The Kier molecular flexibility index (Phi) is 20.2. The Morgan fingerprint density at radius 3 is 2.43 bits per heavy atom. The first-order chi connectivity index (χ1) is 30.0. The normalized spacial score (nSPS) is 28.9. The number of phenols is 1. The molecule has 2 aliphatic heterocycles. The number of nitrogens with one attached hydrogen (secondary N) is 3. The van der Waals surface area contributed by atoms with Crippen molar-refractivity contribution in [3.63, 3.8) is 0 Å². The summed E-state index contributed by atoms with van der Waals surface area (Å²) >= 11 is 0. The summed E-state index contributed by atoms with van der Waals surface area (Å²) in [6, 6.07) is 2.92. The third-order valence-electron chi connectivity index (χ3n) is 12.0. The second-order valence-corrected chi connectivity index (χ2v) is 17.5. The molecule has 4 rings (SSSR count). The molecule has 1 aliphatic carbocycles. The summed E-state index contributed by atoms with van der Waals surface area (Å²) in [5, 5.41) is 39.7. The third kappa shape index (κ3) is 16.2. The molecule has 1 aromatic carbocycles. The number of Topliss-reactive ketones (excluding diaryl/α,β-unsaturated/α-hetero) is 1. The standard InChI is InChI=1S/C48H68N4O11/c1-30(2)43-46(59)49-39(28-35-18-13-19-36(54)27-35)47(60)52-26-14-20-38(51-52)48(61)63-41(31(3)15-12-23-42(56)62-29-34-16-8-6-9-17-34)22-11-7-10-21-40(55)33(5)44(57)37(45(58)50-43)25-24-32(4)53/h7,10-13,15,18-19,21,23,27,30,33-34,37-41,43-44,51,54-55,57H,6,8-9,14,16-17,20,22,24-26,28-29H2,1-5H3,(H,49,59)(H,50,58)/b11-7+,21-10+,23-12+,31-15+/t33-,37+,38?,39-,40-,41-,43-,44+/m0/s1. The number of ketones is 1. The van der Waals surface area contributed by atoms with Crippen LogP contribution in [0.4, 0.5) is 0 Å². The van der Waals surface area contributed by atoms with Gasteiger partial charge in [-0.3, -0.25) is 24.2 Å². The van der Waals surface area contributed by atoms with Crippen LogP contribution in [-0.2, 0) is 44.7 Å². The number of hydrogen-bond donors (Lipinski definition) is 6. The van der Waals surface area contributed by atoms with Crippen molar-refractivity contribution < 1.29 is 53.6 Å². The molecule has 2 bridgehead atoms. The lowest BCUT2D eigenvalue weighted by molar-refractivity contribution is -0.156.